The number of pyridine rings is 1. The van der Waals surface area contributed by atoms with E-state index in [9.17, 15) is 4.79 Å². The van der Waals surface area contributed by atoms with Gasteiger partial charge in [-0.1, -0.05) is 19.8 Å². The molecule has 0 amide bonds. The highest BCUT2D eigenvalue weighted by Crippen LogP contribution is 2.40. The lowest BCUT2D eigenvalue weighted by Gasteiger charge is -2.23. The lowest BCUT2D eigenvalue weighted by molar-refractivity contribution is 0.0690. The molecule has 1 heterocycles. The Morgan fingerprint density at radius 3 is 2.81 bits per heavy atom. The zero-order valence-electron chi connectivity index (χ0n) is 9.57. The Balaban J connectivity index is 2.15. The van der Waals surface area contributed by atoms with E-state index in [-0.39, 0.29) is 5.69 Å². The summed E-state index contributed by atoms with van der Waals surface area (Å²) in [5, 5.41) is 8.87. The van der Waals surface area contributed by atoms with Gasteiger partial charge in [-0.3, -0.25) is 0 Å². The molecule has 2 rings (SSSR count). The van der Waals surface area contributed by atoms with E-state index in [4.69, 9.17) is 5.11 Å². The molecule has 0 unspecified atom stereocenters. The molecule has 1 aliphatic rings. The molecule has 0 spiro atoms. The molecular weight excluding hydrogens is 202 g/mol. The van der Waals surface area contributed by atoms with E-state index < -0.39 is 5.97 Å². The van der Waals surface area contributed by atoms with Gasteiger partial charge in [0.05, 0.1) is 0 Å². The van der Waals surface area contributed by atoms with Gasteiger partial charge < -0.3 is 5.11 Å². The third kappa shape index (κ3) is 2.40. The van der Waals surface area contributed by atoms with Crippen LogP contribution in [0.4, 0.5) is 0 Å². The zero-order valence-corrected chi connectivity index (χ0v) is 9.57. The first-order valence-electron chi connectivity index (χ1n) is 5.77. The minimum atomic E-state index is -0.946. The van der Waals surface area contributed by atoms with Gasteiger partial charge in [-0.2, -0.15) is 0 Å². The minimum absolute atomic E-state index is 0.152. The van der Waals surface area contributed by atoms with E-state index in [1.807, 2.05) is 6.07 Å². The molecule has 1 N–H and O–H groups in total. The highest BCUT2D eigenvalue weighted by Gasteiger charge is 2.28. The maximum atomic E-state index is 10.8. The summed E-state index contributed by atoms with van der Waals surface area (Å²) >= 11 is 0. The molecule has 3 heteroatoms. The summed E-state index contributed by atoms with van der Waals surface area (Å²) in [5.41, 5.74) is 1.60. The molecule has 3 nitrogen and oxygen atoms in total. The predicted octanol–water partition coefficient (Wildman–Crippen LogP) is 2.90. The molecule has 0 aromatic carbocycles. The summed E-state index contributed by atoms with van der Waals surface area (Å²) in [7, 11) is 0. The van der Waals surface area contributed by atoms with Crippen molar-refractivity contribution in [3.05, 3.63) is 29.6 Å². The number of aromatic nitrogens is 1. The lowest BCUT2D eigenvalue weighted by Crippen LogP contribution is -2.15. The van der Waals surface area contributed by atoms with E-state index in [0.717, 1.165) is 12.0 Å². The van der Waals surface area contributed by atoms with Crippen LogP contribution in [0.1, 0.15) is 48.7 Å². The fourth-order valence-corrected chi connectivity index (χ4v) is 2.60. The summed E-state index contributed by atoms with van der Waals surface area (Å²) in [6, 6.07) is 3.63. The van der Waals surface area contributed by atoms with Crippen LogP contribution in [0.15, 0.2) is 18.3 Å². The van der Waals surface area contributed by atoms with Crippen molar-refractivity contribution < 1.29 is 9.90 Å². The van der Waals surface area contributed by atoms with Crippen molar-refractivity contribution in [2.45, 2.75) is 39.0 Å². The number of nitrogens with zero attached hydrogens (tertiary/aromatic N) is 1. The van der Waals surface area contributed by atoms with Crippen molar-refractivity contribution in [3.8, 4) is 0 Å². The van der Waals surface area contributed by atoms with Gasteiger partial charge in [0.2, 0.25) is 0 Å². The van der Waals surface area contributed by atoms with Gasteiger partial charge in [0.25, 0.3) is 0 Å². The van der Waals surface area contributed by atoms with Crippen molar-refractivity contribution in [2.75, 3.05) is 0 Å². The monoisotopic (exact) mass is 219 g/mol. The second kappa shape index (κ2) is 4.24. The van der Waals surface area contributed by atoms with Gasteiger partial charge in [-0.05, 0) is 42.4 Å². The number of hydrogen-bond donors (Lipinski definition) is 1. The van der Waals surface area contributed by atoms with Crippen LogP contribution in [-0.4, -0.2) is 16.1 Å². The van der Waals surface area contributed by atoms with Gasteiger partial charge in [0.1, 0.15) is 5.69 Å². The quantitative estimate of drug-likeness (QED) is 0.850. The Morgan fingerprint density at radius 1 is 1.50 bits per heavy atom. The molecule has 1 fully saturated rings. The fourth-order valence-electron chi connectivity index (χ4n) is 2.60. The highest BCUT2D eigenvalue weighted by molar-refractivity contribution is 5.85. The Bertz CT molecular complexity index is 395. The molecule has 1 saturated carbocycles. The molecule has 86 valence electrons. The van der Waals surface area contributed by atoms with Gasteiger partial charge >= 0.3 is 5.97 Å². The van der Waals surface area contributed by atoms with Crippen molar-refractivity contribution in [3.63, 3.8) is 0 Å². The third-order valence-corrected chi connectivity index (χ3v) is 3.49. The van der Waals surface area contributed by atoms with E-state index in [2.05, 4.69) is 11.9 Å². The van der Waals surface area contributed by atoms with Crippen molar-refractivity contribution >= 4 is 5.97 Å². The highest BCUT2D eigenvalue weighted by atomic mass is 16.4. The average Bonchev–Trinajstić information content (AvgIpc) is 2.65. The first-order chi connectivity index (χ1) is 7.59. The molecule has 1 aliphatic carbocycles. The van der Waals surface area contributed by atoms with Crippen molar-refractivity contribution in [1.82, 2.24) is 4.98 Å². The van der Waals surface area contributed by atoms with Crippen LogP contribution < -0.4 is 0 Å². The van der Waals surface area contributed by atoms with E-state index in [0.29, 0.717) is 5.41 Å². The normalized spacial score (nSPS) is 18.6. The summed E-state index contributed by atoms with van der Waals surface area (Å²) in [6.07, 6.45) is 7.66. The van der Waals surface area contributed by atoms with Crippen molar-refractivity contribution in [2.24, 2.45) is 5.41 Å². The topological polar surface area (TPSA) is 50.2 Å². The van der Waals surface area contributed by atoms with E-state index >= 15 is 0 Å². The Hall–Kier alpha value is -1.38. The van der Waals surface area contributed by atoms with Crippen LogP contribution in [0.5, 0.6) is 0 Å². The zero-order chi connectivity index (χ0) is 11.6. The second-order valence-electron chi connectivity index (χ2n) is 5.05. The number of rotatable bonds is 3. The number of hydrogen-bond acceptors (Lipinski definition) is 2. The second-order valence-corrected chi connectivity index (χ2v) is 5.05. The summed E-state index contributed by atoms with van der Waals surface area (Å²) in [4.78, 5) is 14.6. The smallest absolute Gasteiger partial charge is 0.354 e. The van der Waals surface area contributed by atoms with Crippen LogP contribution in [0.25, 0.3) is 0 Å². The first kappa shape index (κ1) is 11.1. The van der Waals surface area contributed by atoms with Crippen LogP contribution in [0, 0.1) is 5.41 Å². The third-order valence-electron chi connectivity index (χ3n) is 3.49. The van der Waals surface area contributed by atoms with Crippen LogP contribution >= 0.6 is 0 Å². The Morgan fingerprint density at radius 2 is 2.19 bits per heavy atom. The molecule has 0 aliphatic heterocycles. The van der Waals surface area contributed by atoms with Crippen LogP contribution in [0.3, 0.4) is 0 Å². The molecule has 1 aromatic heterocycles. The number of carboxylic acid groups (broad SMARTS) is 1. The molecular formula is C13H17NO2. The number of carbonyl (C=O) groups is 1. The molecule has 1 aromatic rings. The Kier molecular flexibility index (Phi) is 2.95. The lowest BCUT2D eigenvalue weighted by atomic mass is 9.82. The first-order valence-corrected chi connectivity index (χ1v) is 5.77. The van der Waals surface area contributed by atoms with Crippen LogP contribution in [-0.2, 0) is 6.42 Å². The van der Waals surface area contributed by atoms with Gasteiger partial charge in [0.15, 0.2) is 0 Å². The van der Waals surface area contributed by atoms with Crippen molar-refractivity contribution in [1.29, 1.82) is 0 Å². The standard InChI is InChI=1S/C13H17NO2/c1-13(5-2-3-6-13)9-10-4-7-14-11(8-10)12(15)16/h4,7-8H,2-3,5-6,9H2,1H3,(H,15,16). The minimum Gasteiger partial charge on any atom is -0.477 e. The molecule has 0 radical (unpaired) electrons. The number of aromatic carboxylic acids is 1. The molecule has 0 saturated heterocycles. The maximum Gasteiger partial charge on any atom is 0.354 e. The molecule has 16 heavy (non-hydrogen) atoms. The SMILES string of the molecule is CC1(Cc2ccnc(C(=O)O)c2)CCCC1. The summed E-state index contributed by atoms with van der Waals surface area (Å²) in [5.74, 6) is -0.946. The molecule has 0 atom stereocenters. The van der Waals surface area contributed by atoms with Crippen LogP contribution in [0.2, 0.25) is 0 Å². The van der Waals surface area contributed by atoms with Gasteiger partial charge in [0, 0.05) is 6.20 Å². The van der Waals surface area contributed by atoms with E-state index in [1.54, 1.807) is 12.3 Å². The summed E-state index contributed by atoms with van der Waals surface area (Å²) in [6.45, 7) is 2.29. The fraction of sp³-hybridized carbons (Fsp3) is 0.538. The van der Waals surface area contributed by atoms with Gasteiger partial charge in [-0.15, -0.1) is 0 Å². The maximum absolute atomic E-state index is 10.8. The predicted molar refractivity (Wildman–Crippen MR) is 61.5 cm³/mol. The summed E-state index contributed by atoms with van der Waals surface area (Å²) < 4.78 is 0. The Labute approximate surface area is 95.5 Å². The van der Waals surface area contributed by atoms with Gasteiger partial charge in [-0.25, -0.2) is 9.78 Å². The van der Waals surface area contributed by atoms with E-state index in [1.165, 1.54) is 25.7 Å². The average molecular weight is 219 g/mol. The number of carboxylic acids is 1. The molecule has 0 bridgehead atoms. The largest absolute Gasteiger partial charge is 0.477 e.